The summed E-state index contributed by atoms with van der Waals surface area (Å²) in [7, 11) is 3.12. The summed E-state index contributed by atoms with van der Waals surface area (Å²) in [5.41, 5.74) is 0. The first-order valence-electron chi connectivity index (χ1n) is 6.45. The van der Waals surface area contributed by atoms with E-state index < -0.39 is 0 Å². The molecule has 2 heterocycles. The van der Waals surface area contributed by atoms with Gasteiger partial charge in [-0.2, -0.15) is 0 Å². The van der Waals surface area contributed by atoms with Gasteiger partial charge in [-0.3, -0.25) is 4.48 Å². The lowest BCUT2D eigenvalue weighted by Crippen LogP contribution is -2.53. The van der Waals surface area contributed by atoms with Gasteiger partial charge in [0, 0.05) is 0 Å². The first-order chi connectivity index (χ1) is 8.74. The molecule has 0 N–H and O–H groups in total. The van der Waals surface area contributed by atoms with Crippen molar-refractivity contribution < 1.29 is 9.47 Å². The molecule has 0 radical (unpaired) electrons. The molecule has 0 spiro atoms. The first kappa shape index (κ1) is 13.0. The standard InChI is InChI=1S/C12H21N4O2/c1-4-16(8-6-5-7-9-16)10-13-11(17-2)15-12(14-10)18-3/h4-9H2,1-3H3/q+1. The number of hydrogen-bond acceptors (Lipinski definition) is 5. The minimum absolute atomic E-state index is 0.327. The highest BCUT2D eigenvalue weighted by Gasteiger charge is 2.35. The quantitative estimate of drug-likeness (QED) is 0.759. The van der Waals surface area contributed by atoms with Crippen LogP contribution in [0.4, 0.5) is 5.95 Å². The van der Waals surface area contributed by atoms with Crippen LogP contribution in [-0.2, 0) is 0 Å². The first-order valence-corrected chi connectivity index (χ1v) is 6.45. The van der Waals surface area contributed by atoms with Crippen LogP contribution in [0.25, 0.3) is 0 Å². The second-order valence-corrected chi connectivity index (χ2v) is 4.58. The van der Waals surface area contributed by atoms with Crippen molar-refractivity contribution >= 4 is 5.95 Å². The molecule has 1 aromatic heterocycles. The number of nitrogens with zero attached hydrogens (tertiary/aromatic N) is 4. The van der Waals surface area contributed by atoms with Gasteiger partial charge in [0.25, 0.3) is 0 Å². The number of quaternary nitrogens is 1. The molecule has 6 nitrogen and oxygen atoms in total. The maximum Gasteiger partial charge on any atom is 0.338 e. The van der Waals surface area contributed by atoms with Crippen LogP contribution in [0.15, 0.2) is 0 Å². The molecule has 0 aromatic carbocycles. The fourth-order valence-corrected chi connectivity index (χ4v) is 2.50. The van der Waals surface area contributed by atoms with Crippen LogP contribution in [0, 0.1) is 0 Å². The third kappa shape index (κ3) is 2.38. The van der Waals surface area contributed by atoms with Crippen LogP contribution < -0.4 is 14.0 Å². The van der Waals surface area contributed by atoms with E-state index in [2.05, 4.69) is 21.9 Å². The van der Waals surface area contributed by atoms with Crippen molar-refractivity contribution in [3.63, 3.8) is 0 Å². The Morgan fingerprint density at radius 1 is 0.944 bits per heavy atom. The molecule has 0 amide bonds. The highest BCUT2D eigenvalue weighted by molar-refractivity contribution is 5.28. The average molecular weight is 253 g/mol. The second-order valence-electron chi connectivity index (χ2n) is 4.58. The van der Waals surface area contributed by atoms with E-state index in [1.807, 2.05) is 0 Å². The number of hydrogen-bond donors (Lipinski definition) is 0. The second kappa shape index (κ2) is 5.48. The number of ether oxygens (including phenoxy) is 2. The van der Waals surface area contributed by atoms with E-state index in [0.29, 0.717) is 12.0 Å². The Labute approximate surface area is 108 Å². The Morgan fingerprint density at radius 3 is 1.94 bits per heavy atom. The maximum atomic E-state index is 5.13. The Balaban J connectivity index is 2.40. The molecule has 0 aliphatic carbocycles. The Morgan fingerprint density at radius 2 is 1.50 bits per heavy atom. The Kier molecular flexibility index (Phi) is 3.96. The molecule has 0 saturated carbocycles. The SMILES string of the molecule is CC[N+]1(c2nc(OC)nc(OC)n2)CCCCC1. The zero-order valence-electron chi connectivity index (χ0n) is 11.3. The predicted molar refractivity (Wildman–Crippen MR) is 68.9 cm³/mol. The molecular weight excluding hydrogens is 232 g/mol. The fraction of sp³-hybridized carbons (Fsp3) is 0.750. The van der Waals surface area contributed by atoms with Gasteiger partial charge in [0.1, 0.15) is 0 Å². The molecule has 1 fully saturated rings. The van der Waals surface area contributed by atoms with Gasteiger partial charge in [0.05, 0.1) is 33.9 Å². The molecule has 100 valence electrons. The average Bonchev–Trinajstić information content (AvgIpc) is 2.47. The van der Waals surface area contributed by atoms with Gasteiger partial charge in [-0.15, -0.1) is 15.0 Å². The minimum Gasteiger partial charge on any atom is -0.466 e. The highest BCUT2D eigenvalue weighted by Crippen LogP contribution is 2.27. The van der Waals surface area contributed by atoms with Crippen LogP contribution in [-0.4, -0.2) is 48.8 Å². The van der Waals surface area contributed by atoms with E-state index in [1.54, 1.807) is 14.2 Å². The lowest BCUT2D eigenvalue weighted by Gasteiger charge is -2.37. The van der Waals surface area contributed by atoms with Crippen molar-refractivity contribution in [2.24, 2.45) is 0 Å². The third-order valence-electron chi connectivity index (χ3n) is 3.65. The smallest absolute Gasteiger partial charge is 0.338 e. The lowest BCUT2D eigenvalue weighted by molar-refractivity contribution is 0.220. The zero-order valence-corrected chi connectivity index (χ0v) is 11.3. The van der Waals surface area contributed by atoms with Crippen LogP contribution >= 0.6 is 0 Å². The molecule has 2 rings (SSSR count). The molecule has 1 aliphatic heterocycles. The van der Waals surface area contributed by atoms with Gasteiger partial charge in [-0.05, 0) is 26.2 Å². The van der Waals surface area contributed by atoms with Gasteiger partial charge in [-0.25, -0.2) is 0 Å². The highest BCUT2D eigenvalue weighted by atomic mass is 16.5. The van der Waals surface area contributed by atoms with Crippen LogP contribution in [0.1, 0.15) is 26.2 Å². The molecule has 1 aliphatic rings. The number of likely N-dealkylation sites (tertiary alicyclic amines) is 1. The summed E-state index contributed by atoms with van der Waals surface area (Å²) in [4.78, 5) is 12.9. The lowest BCUT2D eigenvalue weighted by atomic mass is 10.1. The monoisotopic (exact) mass is 253 g/mol. The molecule has 18 heavy (non-hydrogen) atoms. The predicted octanol–water partition coefficient (Wildman–Crippen LogP) is 1.40. The molecule has 0 bridgehead atoms. The van der Waals surface area contributed by atoms with Gasteiger partial charge in [0.2, 0.25) is 0 Å². The van der Waals surface area contributed by atoms with E-state index >= 15 is 0 Å². The van der Waals surface area contributed by atoms with Crippen molar-refractivity contribution in [3.8, 4) is 12.0 Å². The maximum absolute atomic E-state index is 5.13. The number of aromatic nitrogens is 3. The normalized spacial score (nSPS) is 18.4. The summed E-state index contributed by atoms with van der Waals surface area (Å²) < 4.78 is 11.1. The number of methoxy groups -OCH3 is 2. The van der Waals surface area contributed by atoms with Gasteiger partial charge in [-0.1, -0.05) is 0 Å². The summed E-state index contributed by atoms with van der Waals surface area (Å²) in [5, 5.41) is 0. The summed E-state index contributed by atoms with van der Waals surface area (Å²) in [6.45, 7) is 5.31. The minimum atomic E-state index is 0.327. The van der Waals surface area contributed by atoms with Crippen molar-refractivity contribution in [2.45, 2.75) is 26.2 Å². The molecule has 0 atom stereocenters. The van der Waals surface area contributed by atoms with Crippen molar-refractivity contribution in [1.29, 1.82) is 0 Å². The van der Waals surface area contributed by atoms with Crippen LogP contribution in [0.3, 0.4) is 0 Å². The Bertz CT molecular complexity index is 383. The molecule has 1 aromatic rings. The zero-order chi connectivity index (χ0) is 13.0. The van der Waals surface area contributed by atoms with Crippen molar-refractivity contribution in [1.82, 2.24) is 19.4 Å². The van der Waals surface area contributed by atoms with Crippen LogP contribution in [0.2, 0.25) is 0 Å². The summed E-state index contributed by atoms with van der Waals surface area (Å²) in [6.07, 6.45) is 3.72. The van der Waals surface area contributed by atoms with Crippen LogP contribution in [0.5, 0.6) is 12.0 Å². The van der Waals surface area contributed by atoms with Crippen molar-refractivity contribution in [3.05, 3.63) is 0 Å². The number of rotatable bonds is 4. The number of piperidine rings is 1. The fourth-order valence-electron chi connectivity index (χ4n) is 2.50. The summed E-state index contributed by atoms with van der Waals surface area (Å²) in [6, 6.07) is 0.654. The van der Waals surface area contributed by atoms with Crippen molar-refractivity contribution in [2.75, 3.05) is 33.9 Å². The summed E-state index contributed by atoms with van der Waals surface area (Å²) in [5.74, 6) is 0.765. The van der Waals surface area contributed by atoms with Gasteiger partial charge >= 0.3 is 18.0 Å². The largest absolute Gasteiger partial charge is 0.466 e. The van der Waals surface area contributed by atoms with E-state index in [1.165, 1.54) is 19.3 Å². The molecular formula is C12H21N4O2+. The molecule has 1 saturated heterocycles. The van der Waals surface area contributed by atoms with E-state index in [9.17, 15) is 0 Å². The third-order valence-corrected chi connectivity index (χ3v) is 3.65. The van der Waals surface area contributed by atoms with Gasteiger partial charge in [0.15, 0.2) is 0 Å². The van der Waals surface area contributed by atoms with E-state index in [0.717, 1.165) is 30.1 Å². The van der Waals surface area contributed by atoms with E-state index in [4.69, 9.17) is 9.47 Å². The molecule has 0 unspecified atom stereocenters. The topological polar surface area (TPSA) is 57.1 Å². The van der Waals surface area contributed by atoms with Gasteiger partial charge < -0.3 is 9.47 Å². The summed E-state index contributed by atoms with van der Waals surface area (Å²) >= 11 is 0. The molecule has 6 heteroatoms. The van der Waals surface area contributed by atoms with E-state index in [-0.39, 0.29) is 0 Å². The Hall–Kier alpha value is -1.43.